The normalized spacial score (nSPS) is 16.6. The number of thioether (sulfide) groups is 1. The van der Waals surface area contributed by atoms with Crippen molar-refractivity contribution < 1.29 is 14.3 Å². The third-order valence-electron chi connectivity index (χ3n) is 4.11. The smallest absolute Gasteiger partial charge is 0.256 e. The molecule has 130 valence electrons. The van der Waals surface area contributed by atoms with Crippen molar-refractivity contribution in [3.05, 3.63) is 59.7 Å². The summed E-state index contributed by atoms with van der Waals surface area (Å²) >= 11 is 1.65. The van der Waals surface area contributed by atoms with Crippen molar-refractivity contribution >= 4 is 29.1 Å². The van der Waals surface area contributed by atoms with E-state index in [4.69, 9.17) is 4.74 Å². The standard InChI is InChI=1S/C20H21NO3S/c1-14(22)15-6-4-7-16(12-15)21-20(23)18-9-2-3-10-19(18)25-13-17-8-5-11-24-17/h2-4,6-7,9-10,12,17H,5,8,11,13H2,1H3,(H,21,23). The summed E-state index contributed by atoms with van der Waals surface area (Å²) in [6.45, 7) is 2.35. The molecule has 1 atom stereocenters. The Bertz CT molecular complexity index is 769. The van der Waals surface area contributed by atoms with Gasteiger partial charge in [-0.3, -0.25) is 9.59 Å². The lowest BCUT2D eigenvalue weighted by Crippen LogP contribution is -2.14. The van der Waals surface area contributed by atoms with Crippen LogP contribution in [0.15, 0.2) is 53.4 Å². The van der Waals surface area contributed by atoms with E-state index in [-0.39, 0.29) is 17.8 Å². The van der Waals surface area contributed by atoms with Crippen molar-refractivity contribution in [2.24, 2.45) is 0 Å². The molecule has 0 saturated carbocycles. The Morgan fingerprint density at radius 2 is 2.04 bits per heavy atom. The average Bonchev–Trinajstić information content (AvgIpc) is 3.14. The third-order valence-corrected chi connectivity index (χ3v) is 5.31. The van der Waals surface area contributed by atoms with E-state index in [0.717, 1.165) is 30.1 Å². The maximum atomic E-state index is 12.7. The molecular weight excluding hydrogens is 334 g/mol. The summed E-state index contributed by atoms with van der Waals surface area (Å²) in [6, 6.07) is 14.6. The topological polar surface area (TPSA) is 55.4 Å². The highest BCUT2D eigenvalue weighted by atomic mass is 32.2. The van der Waals surface area contributed by atoms with Crippen LogP contribution in [-0.2, 0) is 4.74 Å². The molecule has 0 aromatic heterocycles. The molecule has 2 aromatic rings. The highest BCUT2D eigenvalue weighted by Gasteiger charge is 2.18. The molecule has 2 aromatic carbocycles. The molecule has 1 unspecified atom stereocenters. The number of carbonyl (C=O) groups is 2. The van der Waals surface area contributed by atoms with Crippen molar-refractivity contribution in [2.45, 2.75) is 30.8 Å². The first kappa shape index (κ1) is 17.7. The molecule has 3 rings (SSSR count). The van der Waals surface area contributed by atoms with Gasteiger partial charge in [-0.2, -0.15) is 0 Å². The van der Waals surface area contributed by atoms with Gasteiger partial charge in [0.05, 0.1) is 11.7 Å². The summed E-state index contributed by atoms with van der Waals surface area (Å²) in [5, 5.41) is 2.89. The van der Waals surface area contributed by atoms with Gasteiger partial charge >= 0.3 is 0 Å². The lowest BCUT2D eigenvalue weighted by molar-refractivity contribution is 0.101. The minimum absolute atomic E-state index is 0.0244. The van der Waals surface area contributed by atoms with E-state index in [2.05, 4.69) is 5.32 Å². The van der Waals surface area contributed by atoms with Gasteiger partial charge in [0, 0.05) is 28.5 Å². The molecule has 25 heavy (non-hydrogen) atoms. The molecule has 1 saturated heterocycles. The highest BCUT2D eigenvalue weighted by Crippen LogP contribution is 2.27. The number of nitrogens with one attached hydrogen (secondary N) is 1. The summed E-state index contributed by atoms with van der Waals surface area (Å²) < 4.78 is 5.65. The van der Waals surface area contributed by atoms with Crippen LogP contribution in [0.25, 0.3) is 0 Å². The van der Waals surface area contributed by atoms with Gasteiger partial charge in [0.15, 0.2) is 5.78 Å². The zero-order valence-corrected chi connectivity index (χ0v) is 15.0. The lowest BCUT2D eigenvalue weighted by Gasteiger charge is -2.12. The highest BCUT2D eigenvalue weighted by molar-refractivity contribution is 7.99. The molecule has 1 aliphatic rings. The van der Waals surface area contributed by atoms with Crippen molar-refractivity contribution in [1.82, 2.24) is 0 Å². The maximum Gasteiger partial charge on any atom is 0.256 e. The first-order valence-corrected chi connectivity index (χ1v) is 9.38. The minimum atomic E-state index is -0.170. The zero-order chi connectivity index (χ0) is 17.6. The van der Waals surface area contributed by atoms with Crippen LogP contribution in [0.4, 0.5) is 5.69 Å². The Labute approximate surface area is 152 Å². The molecule has 1 N–H and O–H groups in total. The third kappa shape index (κ3) is 4.71. The summed E-state index contributed by atoms with van der Waals surface area (Å²) in [5.41, 5.74) is 1.84. The fourth-order valence-electron chi connectivity index (χ4n) is 2.75. The number of rotatable bonds is 6. The largest absolute Gasteiger partial charge is 0.377 e. The molecule has 0 bridgehead atoms. The second kappa shape index (κ2) is 8.32. The number of amides is 1. The van der Waals surface area contributed by atoms with E-state index in [1.165, 1.54) is 6.92 Å². The van der Waals surface area contributed by atoms with Gasteiger partial charge in [-0.1, -0.05) is 24.3 Å². The lowest BCUT2D eigenvalue weighted by atomic mass is 10.1. The fraction of sp³-hybridized carbons (Fsp3) is 0.300. The fourth-order valence-corrected chi connectivity index (χ4v) is 3.87. The number of anilines is 1. The summed E-state index contributed by atoms with van der Waals surface area (Å²) in [7, 11) is 0. The van der Waals surface area contributed by atoms with Gasteiger partial charge in [0.2, 0.25) is 0 Å². The number of hydrogen-bond acceptors (Lipinski definition) is 4. The van der Waals surface area contributed by atoms with Crippen molar-refractivity contribution in [3.8, 4) is 0 Å². The Morgan fingerprint density at radius 1 is 1.20 bits per heavy atom. The molecule has 0 radical (unpaired) electrons. The van der Waals surface area contributed by atoms with E-state index in [0.29, 0.717) is 16.8 Å². The van der Waals surface area contributed by atoms with Crippen LogP contribution in [-0.4, -0.2) is 30.2 Å². The molecular formula is C20H21NO3S. The summed E-state index contributed by atoms with van der Waals surface area (Å²) in [6.07, 6.45) is 2.47. The number of ether oxygens (including phenoxy) is 1. The van der Waals surface area contributed by atoms with E-state index < -0.39 is 0 Å². The molecule has 1 heterocycles. The van der Waals surface area contributed by atoms with Gasteiger partial charge in [0.25, 0.3) is 5.91 Å². The SMILES string of the molecule is CC(=O)c1cccc(NC(=O)c2ccccc2SCC2CCCO2)c1. The van der Waals surface area contributed by atoms with Crippen LogP contribution in [0, 0.1) is 0 Å². The van der Waals surface area contributed by atoms with E-state index >= 15 is 0 Å². The van der Waals surface area contributed by atoms with Gasteiger partial charge in [0.1, 0.15) is 0 Å². The van der Waals surface area contributed by atoms with Crippen LogP contribution in [0.5, 0.6) is 0 Å². The molecule has 0 spiro atoms. The molecule has 1 aliphatic heterocycles. The number of carbonyl (C=O) groups excluding carboxylic acids is 2. The predicted octanol–water partition coefficient (Wildman–Crippen LogP) is 4.41. The number of hydrogen-bond donors (Lipinski definition) is 1. The maximum absolute atomic E-state index is 12.7. The number of benzene rings is 2. The van der Waals surface area contributed by atoms with Crippen LogP contribution in [0.3, 0.4) is 0 Å². The Kier molecular flexibility index (Phi) is 5.89. The van der Waals surface area contributed by atoms with Crippen molar-refractivity contribution in [2.75, 3.05) is 17.7 Å². The first-order chi connectivity index (χ1) is 12.1. The summed E-state index contributed by atoms with van der Waals surface area (Å²) in [4.78, 5) is 25.1. The summed E-state index contributed by atoms with van der Waals surface area (Å²) in [5.74, 6) is 0.657. The van der Waals surface area contributed by atoms with Gasteiger partial charge in [-0.15, -0.1) is 11.8 Å². The molecule has 1 fully saturated rings. The molecule has 0 aliphatic carbocycles. The Morgan fingerprint density at radius 3 is 2.80 bits per heavy atom. The Balaban J connectivity index is 1.71. The van der Waals surface area contributed by atoms with Crippen molar-refractivity contribution in [3.63, 3.8) is 0 Å². The van der Waals surface area contributed by atoms with Crippen LogP contribution in [0.1, 0.15) is 40.5 Å². The minimum Gasteiger partial charge on any atom is -0.377 e. The second-order valence-electron chi connectivity index (χ2n) is 6.03. The monoisotopic (exact) mass is 355 g/mol. The van der Waals surface area contributed by atoms with Crippen LogP contribution in [0.2, 0.25) is 0 Å². The van der Waals surface area contributed by atoms with Crippen LogP contribution < -0.4 is 5.32 Å². The quantitative estimate of drug-likeness (QED) is 0.616. The molecule has 4 nitrogen and oxygen atoms in total. The van der Waals surface area contributed by atoms with Gasteiger partial charge in [-0.05, 0) is 44.0 Å². The van der Waals surface area contributed by atoms with E-state index in [1.54, 1.807) is 36.0 Å². The number of ketones is 1. The average molecular weight is 355 g/mol. The second-order valence-corrected chi connectivity index (χ2v) is 7.10. The van der Waals surface area contributed by atoms with Gasteiger partial charge < -0.3 is 10.1 Å². The van der Waals surface area contributed by atoms with E-state index in [9.17, 15) is 9.59 Å². The van der Waals surface area contributed by atoms with Crippen LogP contribution >= 0.6 is 11.8 Å². The van der Waals surface area contributed by atoms with E-state index in [1.807, 2.05) is 24.3 Å². The zero-order valence-electron chi connectivity index (χ0n) is 14.2. The molecule has 1 amide bonds. The van der Waals surface area contributed by atoms with Gasteiger partial charge in [-0.25, -0.2) is 0 Å². The van der Waals surface area contributed by atoms with Crippen molar-refractivity contribution in [1.29, 1.82) is 0 Å². The Hall–Kier alpha value is -2.11. The number of Topliss-reactive ketones (excluding diaryl/α,β-unsaturated/α-hetero) is 1. The predicted molar refractivity (Wildman–Crippen MR) is 101 cm³/mol. The molecule has 5 heteroatoms. The first-order valence-electron chi connectivity index (χ1n) is 8.39.